The van der Waals surface area contributed by atoms with Gasteiger partial charge in [-0.2, -0.15) is 5.10 Å². The molecule has 5 rings (SSSR count). The van der Waals surface area contributed by atoms with Gasteiger partial charge >= 0.3 is 0 Å². The fraction of sp³-hybridized carbons (Fsp3) is 0.308. The molecule has 0 bridgehead atoms. The molecule has 3 aromatic rings. The number of hydrogen-bond acceptors (Lipinski definition) is 8. The summed E-state index contributed by atoms with van der Waals surface area (Å²) in [5.41, 5.74) is 3.81. The number of para-hydroxylation sites is 1. The lowest BCUT2D eigenvalue weighted by atomic mass is 9.96. The predicted molar refractivity (Wildman–Crippen MR) is 127 cm³/mol. The largest absolute Gasteiger partial charge is 0.493 e. The quantitative estimate of drug-likeness (QED) is 0.503. The fourth-order valence-electron chi connectivity index (χ4n) is 4.52. The second-order valence-electron chi connectivity index (χ2n) is 7.92. The molecule has 0 amide bonds. The van der Waals surface area contributed by atoms with Crippen LogP contribution in [0.2, 0.25) is 0 Å². The van der Waals surface area contributed by atoms with Crippen LogP contribution in [0.4, 0.5) is 0 Å². The van der Waals surface area contributed by atoms with Gasteiger partial charge in [0.1, 0.15) is 0 Å². The maximum atomic E-state index is 6.60. The summed E-state index contributed by atoms with van der Waals surface area (Å²) in [5.74, 6) is 3.07. The number of hydrazone groups is 1. The van der Waals surface area contributed by atoms with Crippen LogP contribution in [0, 0.1) is 0 Å². The zero-order valence-corrected chi connectivity index (χ0v) is 19.6. The molecular weight excluding hydrogens is 434 g/mol. The number of pyridine rings is 1. The number of nitrogens with zero attached hydrogens (tertiary/aromatic N) is 3. The van der Waals surface area contributed by atoms with E-state index < -0.39 is 6.23 Å². The molecule has 1 aromatic heterocycles. The van der Waals surface area contributed by atoms with Crippen LogP contribution in [0.15, 0.2) is 60.0 Å². The van der Waals surface area contributed by atoms with E-state index in [2.05, 4.69) is 11.1 Å². The van der Waals surface area contributed by atoms with E-state index in [1.165, 1.54) is 0 Å². The Morgan fingerprint density at radius 3 is 2.44 bits per heavy atom. The molecule has 0 saturated heterocycles. The maximum absolute atomic E-state index is 6.60. The number of benzene rings is 2. The number of fused-ring (bicyclic) bond motifs is 3. The topological polar surface area (TPSA) is 74.6 Å². The number of methoxy groups -OCH3 is 3. The molecule has 2 aliphatic heterocycles. The van der Waals surface area contributed by atoms with E-state index in [9.17, 15) is 0 Å². The first-order valence-electron chi connectivity index (χ1n) is 11.2. The number of rotatable bonds is 7. The third-order valence-electron chi connectivity index (χ3n) is 6.05. The molecular formula is C26H27N3O5. The van der Waals surface area contributed by atoms with Crippen molar-refractivity contribution < 1.29 is 23.7 Å². The van der Waals surface area contributed by atoms with Gasteiger partial charge in [0.25, 0.3) is 0 Å². The van der Waals surface area contributed by atoms with E-state index in [0.29, 0.717) is 29.6 Å². The zero-order valence-electron chi connectivity index (χ0n) is 19.6. The average Bonchev–Trinajstić information content (AvgIpc) is 3.34. The van der Waals surface area contributed by atoms with Crippen molar-refractivity contribution in [1.82, 2.24) is 9.99 Å². The Balaban J connectivity index is 1.65. The van der Waals surface area contributed by atoms with Crippen LogP contribution in [0.5, 0.6) is 28.7 Å². The number of aromatic nitrogens is 1. The number of hydrogen-bond donors (Lipinski definition) is 0. The molecule has 8 nitrogen and oxygen atoms in total. The molecule has 0 N–H and O–H groups in total. The normalized spacial score (nSPS) is 18.4. The van der Waals surface area contributed by atoms with Gasteiger partial charge in [-0.05, 0) is 31.2 Å². The molecule has 0 fully saturated rings. The monoisotopic (exact) mass is 461 g/mol. The molecule has 0 radical (unpaired) electrons. The summed E-state index contributed by atoms with van der Waals surface area (Å²) in [6.45, 7) is 2.50. The van der Waals surface area contributed by atoms with Gasteiger partial charge in [-0.25, -0.2) is 5.01 Å². The van der Waals surface area contributed by atoms with Gasteiger partial charge in [-0.1, -0.05) is 18.2 Å². The molecule has 176 valence electrons. The Hall–Kier alpha value is -3.94. The lowest BCUT2D eigenvalue weighted by Gasteiger charge is -2.39. The highest BCUT2D eigenvalue weighted by Crippen LogP contribution is 2.52. The molecule has 3 heterocycles. The van der Waals surface area contributed by atoms with Crippen molar-refractivity contribution >= 4 is 5.71 Å². The molecule has 0 saturated carbocycles. The van der Waals surface area contributed by atoms with Gasteiger partial charge in [-0.3, -0.25) is 4.98 Å². The highest BCUT2D eigenvalue weighted by molar-refractivity contribution is 6.01. The summed E-state index contributed by atoms with van der Waals surface area (Å²) in [4.78, 5) is 4.27. The van der Waals surface area contributed by atoms with E-state index in [0.717, 1.165) is 34.6 Å². The van der Waals surface area contributed by atoms with Gasteiger partial charge in [0, 0.05) is 35.5 Å². The SMILES string of the molecule is CCOc1cccc2c1O[C@@H](c1cc(OC)c(OC)c(OC)c1)N1N=C(c3cccnc3)C[C@@H]21. The summed E-state index contributed by atoms with van der Waals surface area (Å²) in [7, 11) is 4.79. The summed E-state index contributed by atoms with van der Waals surface area (Å²) < 4.78 is 29.2. The van der Waals surface area contributed by atoms with Crippen molar-refractivity contribution in [1.29, 1.82) is 0 Å². The van der Waals surface area contributed by atoms with Gasteiger partial charge in [0.2, 0.25) is 12.0 Å². The van der Waals surface area contributed by atoms with Crippen LogP contribution >= 0.6 is 0 Å². The van der Waals surface area contributed by atoms with E-state index in [1.54, 1.807) is 27.5 Å². The van der Waals surface area contributed by atoms with E-state index in [1.807, 2.05) is 54.5 Å². The van der Waals surface area contributed by atoms with Crippen molar-refractivity contribution in [2.45, 2.75) is 25.6 Å². The summed E-state index contributed by atoms with van der Waals surface area (Å²) in [6.07, 6.45) is 3.79. The molecule has 2 aliphatic rings. The van der Waals surface area contributed by atoms with Crippen molar-refractivity contribution in [2.75, 3.05) is 27.9 Å². The van der Waals surface area contributed by atoms with Gasteiger partial charge < -0.3 is 23.7 Å². The smallest absolute Gasteiger partial charge is 0.214 e. The third-order valence-corrected chi connectivity index (χ3v) is 6.05. The minimum atomic E-state index is -0.526. The molecule has 0 unspecified atom stereocenters. The first kappa shape index (κ1) is 21.9. The van der Waals surface area contributed by atoms with Crippen LogP contribution < -0.4 is 23.7 Å². The van der Waals surface area contributed by atoms with Crippen LogP contribution in [0.3, 0.4) is 0 Å². The lowest BCUT2D eigenvalue weighted by Crippen LogP contribution is -2.34. The van der Waals surface area contributed by atoms with Gasteiger partial charge in [0.05, 0.1) is 39.7 Å². The molecule has 0 spiro atoms. The Morgan fingerprint density at radius 2 is 1.79 bits per heavy atom. The standard InChI is InChI=1S/C26H27N3O5/c1-5-33-21-10-6-9-18-20-14-19(16-8-7-11-27-15-16)28-29(20)26(34-24(18)21)17-12-22(30-2)25(32-4)23(13-17)31-3/h6-13,15,20,26H,5,14H2,1-4H3/t20-,26-/m0/s1. The average molecular weight is 462 g/mol. The Labute approximate surface area is 198 Å². The molecule has 2 atom stereocenters. The van der Waals surface area contributed by atoms with Crippen LogP contribution in [-0.2, 0) is 0 Å². The molecule has 8 heteroatoms. The van der Waals surface area contributed by atoms with Gasteiger partial charge in [0.15, 0.2) is 23.0 Å². The van der Waals surface area contributed by atoms with Crippen LogP contribution in [0.1, 0.15) is 42.3 Å². The van der Waals surface area contributed by atoms with E-state index in [4.69, 9.17) is 28.8 Å². The maximum Gasteiger partial charge on any atom is 0.214 e. The predicted octanol–water partition coefficient (Wildman–Crippen LogP) is 4.75. The van der Waals surface area contributed by atoms with Crippen molar-refractivity contribution in [3.05, 3.63) is 71.5 Å². The van der Waals surface area contributed by atoms with Crippen LogP contribution in [-0.4, -0.2) is 43.6 Å². The zero-order chi connectivity index (χ0) is 23.7. The molecule has 0 aliphatic carbocycles. The second kappa shape index (κ2) is 9.13. The van der Waals surface area contributed by atoms with Crippen molar-refractivity contribution in [2.24, 2.45) is 5.10 Å². The lowest BCUT2D eigenvalue weighted by molar-refractivity contribution is -0.0214. The van der Waals surface area contributed by atoms with Crippen LogP contribution in [0.25, 0.3) is 0 Å². The Bertz CT molecular complexity index is 1190. The minimum Gasteiger partial charge on any atom is -0.493 e. The second-order valence-corrected chi connectivity index (χ2v) is 7.92. The molecule has 34 heavy (non-hydrogen) atoms. The Morgan fingerprint density at radius 1 is 1.00 bits per heavy atom. The first-order chi connectivity index (χ1) is 16.7. The Kier molecular flexibility index (Phi) is 5.88. The number of ether oxygens (including phenoxy) is 5. The van der Waals surface area contributed by atoms with E-state index in [-0.39, 0.29) is 6.04 Å². The molecule has 2 aromatic carbocycles. The fourth-order valence-corrected chi connectivity index (χ4v) is 4.52. The summed E-state index contributed by atoms with van der Waals surface area (Å²) in [5, 5.41) is 7.00. The highest BCUT2D eigenvalue weighted by atomic mass is 16.5. The van der Waals surface area contributed by atoms with Crippen molar-refractivity contribution in [3.63, 3.8) is 0 Å². The van der Waals surface area contributed by atoms with Gasteiger partial charge in [-0.15, -0.1) is 0 Å². The first-order valence-corrected chi connectivity index (χ1v) is 11.2. The highest BCUT2D eigenvalue weighted by Gasteiger charge is 2.42. The summed E-state index contributed by atoms with van der Waals surface area (Å²) >= 11 is 0. The minimum absolute atomic E-state index is 0.0246. The van der Waals surface area contributed by atoms with E-state index >= 15 is 0 Å². The van der Waals surface area contributed by atoms with Crippen molar-refractivity contribution in [3.8, 4) is 28.7 Å². The summed E-state index contributed by atoms with van der Waals surface area (Å²) in [6, 6.07) is 13.7. The third kappa shape index (κ3) is 3.65.